The lowest BCUT2D eigenvalue weighted by Gasteiger charge is -2.37. The van der Waals surface area contributed by atoms with Crippen LogP contribution in [0, 0.1) is 11.8 Å². The van der Waals surface area contributed by atoms with Gasteiger partial charge in [0.15, 0.2) is 0 Å². The van der Waals surface area contributed by atoms with Crippen LogP contribution >= 0.6 is 0 Å². The maximum atomic E-state index is 11.9. The molecule has 1 saturated heterocycles. The van der Waals surface area contributed by atoms with E-state index in [1.165, 1.54) is 13.5 Å². The number of anilines is 2. The average Bonchev–Trinajstić information content (AvgIpc) is 2.36. The number of hydrogen-bond donors (Lipinski definition) is 1. The van der Waals surface area contributed by atoms with Crippen LogP contribution in [-0.2, 0) is 4.74 Å². The number of ether oxygens (including phenoxy) is 1. The number of piperidine rings is 1. The Morgan fingerprint density at radius 1 is 1.32 bits per heavy atom. The zero-order valence-corrected chi connectivity index (χ0v) is 11.8. The molecule has 1 fully saturated rings. The van der Waals surface area contributed by atoms with Crippen molar-refractivity contribution in [2.45, 2.75) is 20.3 Å². The maximum absolute atomic E-state index is 11.9. The highest BCUT2D eigenvalue weighted by molar-refractivity contribution is 5.97. The molecule has 0 aromatic heterocycles. The average molecular weight is 262 g/mol. The van der Waals surface area contributed by atoms with E-state index >= 15 is 0 Å². The molecule has 1 aliphatic rings. The summed E-state index contributed by atoms with van der Waals surface area (Å²) < 4.78 is 4.86. The van der Waals surface area contributed by atoms with Crippen molar-refractivity contribution in [3.05, 3.63) is 23.8 Å². The number of carbonyl (C=O) groups is 1. The van der Waals surface area contributed by atoms with Crippen molar-refractivity contribution < 1.29 is 9.53 Å². The van der Waals surface area contributed by atoms with Crippen molar-refractivity contribution in [2.75, 3.05) is 30.8 Å². The molecule has 2 unspecified atom stereocenters. The van der Waals surface area contributed by atoms with E-state index in [0.29, 0.717) is 23.1 Å². The Labute approximate surface area is 114 Å². The molecule has 0 radical (unpaired) electrons. The van der Waals surface area contributed by atoms with Crippen molar-refractivity contribution >= 4 is 17.3 Å². The zero-order chi connectivity index (χ0) is 14.0. The Kier molecular flexibility index (Phi) is 3.98. The highest BCUT2D eigenvalue weighted by atomic mass is 16.5. The Balaban J connectivity index is 2.35. The van der Waals surface area contributed by atoms with Crippen LogP contribution < -0.4 is 10.6 Å². The minimum Gasteiger partial charge on any atom is -0.465 e. The first-order valence-electron chi connectivity index (χ1n) is 6.74. The fourth-order valence-electron chi connectivity index (χ4n) is 2.96. The number of nitrogens with two attached hydrogens (primary N) is 1. The number of esters is 1. The normalized spacial score (nSPS) is 23.2. The molecule has 2 atom stereocenters. The van der Waals surface area contributed by atoms with Crippen LogP contribution in [0.4, 0.5) is 11.4 Å². The molecule has 19 heavy (non-hydrogen) atoms. The molecule has 4 nitrogen and oxygen atoms in total. The van der Waals surface area contributed by atoms with Gasteiger partial charge in [-0.2, -0.15) is 0 Å². The lowest BCUT2D eigenvalue weighted by molar-refractivity contribution is 0.0601. The lowest BCUT2D eigenvalue weighted by Crippen LogP contribution is -2.39. The van der Waals surface area contributed by atoms with E-state index in [1.807, 2.05) is 12.1 Å². The van der Waals surface area contributed by atoms with E-state index in [-0.39, 0.29) is 5.97 Å². The van der Waals surface area contributed by atoms with Gasteiger partial charge < -0.3 is 15.4 Å². The second-order valence-electron chi connectivity index (χ2n) is 5.62. The van der Waals surface area contributed by atoms with Crippen LogP contribution in [0.15, 0.2) is 18.2 Å². The molecule has 2 N–H and O–H groups in total. The first-order chi connectivity index (χ1) is 9.01. The molecule has 1 aromatic rings. The van der Waals surface area contributed by atoms with Gasteiger partial charge in [0.25, 0.3) is 0 Å². The Bertz CT molecular complexity index is 463. The molecule has 0 spiro atoms. The summed E-state index contributed by atoms with van der Waals surface area (Å²) in [6, 6.07) is 5.46. The molecular formula is C15H22N2O2. The summed E-state index contributed by atoms with van der Waals surface area (Å²) in [4.78, 5) is 14.2. The molecule has 104 valence electrons. The molecule has 0 bridgehead atoms. The smallest absolute Gasteiger partial charge is 0.340 e. The van der Waals surface area contributed by atoms with E-state index in [4.69, 9.17) is 10.5 Å². The van der Waals surface area contributed by atoms with Gasteiger partial charge in [-0.15, -0.1) is 0 Å². The monoisotopic (exact) mass is 262 g/mol. The Morgan fingerprint density at radius 2 is 1.95 bits per heavy atom. The number of nitrogen functional groups attached to an aromatic ring is 1. The van der Waals surface area contributed by atoms with Gasteiger partial charge in [0, 0.05) is 18.8 Å². The van der Waals surface area contributed by atoms with Crippen molar-refractivity contribution in [3.8, 4) is 0 Å². The summed E-state index contributed by atoms with van der Waals surface area (Å²) in [5, 5.41) is 0. The molecule has 2 rings (SSSR count). The molecule has 4 heteroatoms. The summed E-state index contributed by atoms with van der Waals surface area (Å²) in [6.07, 6.45) is 1.24. The number of carbonyl (C=O) groups excluding carboxylic acids is 1. The topological polar surface area (TPSA) is 55.6 Å². The number of nitrogens with zero attached hydrogens (tertiary/aromatic N) is 1. The van der Waals surface area contributed by atoms with Crippen LogP contribution in [0.2, 0.25) is 0 Å². The fourth-order valence-corrected chi connectivity index (χ4v) is 2.96. The minimum absolute atomic E-state index is 0.326. The molecular weight excluding hydrogens is 240 g/mol. The van der Waals surface area contributed by atoms with Crippen LogP contribution in [0.3, 0.4) is 0 Å². The van der Waals surface area contributed by atoms with Gasteiger partial charge in [-0.3, -0.25) is 0 Å². The molecule has 1 aromatic carbocycles. The first-order valence-corrected chi connectivity index (χ1v) is 6.74. The van der Waals surface area contributed by atoms with E-state index < -0.39 is 0 Å². The summed E-state index contributed by atoms with van der Waals surface area (Å²) in [5.41, 5.74) is 7.85. The highest BCUT2D eigenvalue weighted by Crippen LogP contribution is 2.30. The SMILES string of the molecule is COC(=O)c1cc(N)ccc1N1CC(C)CC(C)C1. The second-order valence-corrected chi connectivity index (χ2v) is 5.62. The highest BCUT2D eigenvalue weighted by Gasteiger charge is 2.25. The maximum Gasteiger partial charge on any atom is 0.340 e. The van der Waals surface area contributed by atoms with Crippen LogP contribution in [0.1, 0.15) is 30.6 Å². The summed E-state index contributed by atoms with van der Waals surface area (Å²) in [7, 11) is 1.40. The van der Waals surface area contributed by atoms with Crippen molar-refractivity contribution in [3.63, 3.8) is 0 Å². The Morgan fingerprint density at radius 3 is 2.53 bits per heavy atom. The predicted octanol–water partition coefficient (Wildman–Crippen LogP) is 2.54. The lowest BCUT2D eigenvalue weighted by atomic mass is 9.91. The standard InChI is InChI=1S/C15H22N2O2/c1-10-6-11(2)9-17(8-10)14-5-4-12(16)7-13(14)15(18)19-3/h4-5,7,10-11H,6,8-9,16H2,1-3H3. The number of methoxy groups -OCH3 is 1. The molecule has 0 saturated carbocycles. The zero-order valence-electron chi connectivity index (χ0n) is 11.8. The van der Waals surface area contributed by atoms with Crippen LogP contribution in [0.5, 0.6) is 0 Å². The summed E-state index contributed by atoms with van der Waals surface area (Å²) in [5.74, 6) is 0.937. The van der Waals surface area contributed by atoms with Gasteiger partial charge in [0.1, 0.15) is 0 Å². The molecule has 0 amide bonds. The molecule has 1 heterocycles. The predicted molar refractivity (Wildman–Crippen MR) is 77.4 cm³/mol. The fraction of sp³-hybridized carbons (Fsp3) is 0.533. The minimum atomic E-state index is -0.326. The van der Waals surface area contributed by atoms with Gasteiger partial charge >= 0.3 is 5.97 Å². The quantitative estimate of drug-likeness (QED) is 0.657. The molecule has 0 aliphatic carbocycles. The number of rotatable bonds is 2. The number of benzene rings is 1. The van der Waals surface area contributed by atoms with Crippen molar-refractivity contribution in [1.29, 1.82) is 0 Å². The van der Waals surface area contributed by atoms with Crippen LogP contribution in [-0.4, -0.2) is 26.2 Å². The third-order valence-corrected chi connectivity index (χ3v) is 3.64. The van der Waals surface area contributed by atoms with Crippen molar-refractivity contribution in [2.24, 2.45) is 11.8 Å². The van der Waals surface area contributed by atoms with Gasteiger partial charge in [-0.25, -0.2) is 4.79 Å². The van der Waals surface area contributed by atoms with E-state index in [0.717, 1.165) is 18.8 Å². The van der Waals surface area contributed by atoms with E-state index in [1.54, 1.807) is 6.07 Å². The van der Waals surface area contributed by atoms with Gasteiger partial charge in [0.05, 0.1) is 18.4 Å². The van der Waals surface area contributed by atoms with Gasteiger partial charge in [-0.05, 0) is 36.5 Å². The second kappa shape index (κ2) is 5.51. The summed E-state index contributed by atoms with van der Waals surface area (Å²) >= 11 is 0. The third-order valence-electron chi connectivity index (χ3n) is 3.64. The largest absolute Gasteiger partial charge is 0.465 e. The van der Waals surface area contributed by atoms with Gasteiger partial charge in [0.2, 0.25) is 0 Å². The van der Waals surface area contributed by atoms with Crippen LogP contribution in [0.25, 0.3) is 0 Å². The van der Waals surface area contributed by atoms with E-state index in [9.17, 15) is 4.79 Å². The van der Waals surface area contributed by atoms with Crippen molar-refractivity contribution in [1.82, 2.24) is 0 Å². The molecule has 1 aliphatic heterocycles. The van der Waals surface area contributed by atoms with E-state index in [2.05, 4.69) is 18.7 Å². The number of hydrogen-bond acceptors (Lipinski definition) is 4. The third kappa shape index (κ3) is 3.00. The van der Waals surface area contributed by atoms with Gasteiger partial charge in [-0.1, -0.05) is 13.8 Å². The summed E-state index contributed by atoms with van der Waals surface area (Å²) in [6.45, 7) is 6.44. The Hall–Kier alpha value is -1.71. The first kappa shape index (κ1) is 13.7.